The molecule has 0 aliphatic carbocycles. The quantitative estimate of drug-likeness (QED) is 0.278. The molecule has 31 heavy (non-hydrogen) atoms. The predicted octanol–water partition coefficient (Wildman–Crippen LogP) is 4.10. The van der Waals surface area contributed by atoms with Crippen molar-refractivity contribution in [2.75, 3.05) is 11.1 Å². The minimum absolute atomic E-state index is 0.0194. The normalized spacial score (nSPS) is 10.9. The van der Waals surface area contributed by atoms with Crippen molar-refractivity contribution in [1.29, 1.82) is 5.41 Å². The average Bonchev–Trinajstić information content (AvgIpc) is 2.74. The van der Waals surface area contributed by atoms with E-state index in [-0.39, 0.29) is 11.7 Å². The van der Waals surface area contributed by atoms with Gasteiger partial charge in [-0.25, -0.2) is 4.98 Å². The maximum Gasteiger partial charge on any atom is 0.259 e. The van der Waals surface area contributed by atoms with Gasteiger partial charge in [0.05, 0.1) is 23.4 Å². The van der Waals surface area contributed by atoms with E-state index in [1.807, 2.05) is 32.0 Å². The van der Waals surface area contributed by atoms with Crippen molar-refractivity contribution in [2.24, 2.45) is 0 Å². The molecule has 4 aromatic rings. The number of hydrogen-bond acceptors (Lipinski definition) is 7. The summed E-state index contributed by atoms with van der Waals surface area (Å²) >= 11 is 0. The molecular weight excluding hydrogens is 392 g/mol. The molecular formula is C23H22N6O2. The molecule has 8 heteroatoms. The van der Waals surface area contributed by atoms with E-state index in [0.717, 1.165) is 10.9 Å². The molecule has 0 bridgehead atoms. The van der Waals surface area contributed by atoms with E-state index >= 15 is 0 Å². The molecule has 156 valence electrons. The lowest BCUT2D eigenvalue weighted by atomic mass is 10.1. The summed E-state index contributed by atoms with van der Waals surface area (Å²) in [5.41, 5.74) is 8.78. The van der Waals surface area contributed by atoms with Gasteiger partial charge in [-0.3, -0.25) is 9.78 Å². The molecule has 3 heterocycles. The van der Waals surface area contributed by atoms with Gasteiger partial charge in [-0.15, -0.1) is 0 Å². The lowest BCUT2D eigenvalue weighted by Gasteiger charge is -2.13. The Bertz CT molecular complexity index is 1330. The summed E-state index contributed by atoms with van der Waals surface area (Å²) < 4.78 is 5.75. The highest BCUT2D eigenvalue weighted by molar-refractivity contribution is 5.95. The number of nitrogens with zero attached hydrogens (tertiary/aromatic N) is 2. The fraction of sp³-hybridized carbons (Fsp3) is 0.130. The van der Waals surface area contributed by atoms with Crippen molar-refractivity contribution >= 4 is 34.2 Å². The van der Waals surface area contributed by atoms with Crippen LogP contribution in [0.4, 0.5) is 17.2 Å². The van der Waals surface area contributed by atoms with Crippen molar-refractivity contribution < 1.29 is 4.74 Å². The molecule has 0 saturated heterocycles. The lowest BCUT2D eigenvalue weighted by molar-refractivity contribution is 0.241. The Hall–Kier alpha value is -4.20. The van der Waals surface area contributed by atoms with Gasteiger partial charge in [0.25, 0.3) is 5.56 Å². The Morgan fingerprint density at radius 1 is 1.19 bits per heavy atom. The molecule has 0 unspecified atom stereocenters. The van der Waals surface area contributed by atoms with Crippen molar-refractivity contribution in [3.05, 3.63) is 70.9 Å². The summed E-state index contributed by atoms with van der Waals surface area (Å²) in [5, 5.41) is 11.9. The summed E-state index contributed by atoms with van der Waals surface area (Å²) in [7, 11) is 0. The predicted molar refractivity (Wildman–Crippen MR) is 123 cm³/mol. The number of anilines is 3. The number of aromatic nitrogens is 3. The second-order valence-corrected chi connectivity index (χ2v) is 7.32. The van der Waals surface area contributed by atoms with E-state index < -0.39 is 0 Å². The van der Waals surface area contributed by atoms with Crippen LogP contribution >= 0.6 is 0 Å². The Balaban J connectivity index is 1.85. The van der Waals surface area contributed by atoms with Crippen molar-refractivity contribution in [2.45, 2.75) is 20.0 Å². The maximum atomic E-state index is 12.6. The third-order valence-corrected chi connectivity index (χ3v) is 4.64. The van der Waals surface area contributed by atoms with Crippen LogP contribution in [0, 0.1) is 5.41 Å². The Morgan fingerprint density at radius 3 is 2.81 bits per heavy atom. The molecule has 8 nitrogen and oxygen atoms in total. The van der Waals surface area contributed by atoms with E-state index in [1.54, 1.807) is 36.8 Å². The molecule has 0 aliphatic rings. The van der Waals surface area contributed by atoms with Gasteiger partial charge in [-0.1, -0.05) is 0 Å². The second kappa shape index (κ2) is 8.27. The number of aromatic amines is 1. The highest BCUT2D eigenvalue weighted by Crippen LogP contribution is 2.29. The minimum atomic E-state index is -0.253. The van der Waals surface area contributed by atoms with Crippen LogP contribution in [0.25, 0.3) is 22.0 Å². The number of nitrogen functional groups attached to an aromatic ring is 1. The molecule has 0 amide bonds. The molecule has 5 N–H and O–H groups in total. The second-order valence-electron chi connectivity index (χ2n) is 7.32. The van der Waals surface area contributed by atoms with Crippen molar-refractivity contribution in [3.63, 3.8) is 0 Å². The highest BCUT2D eigenvalue weighted by atomic mass is 16.5. The van der Waals surface area contributed by atoms with Crippen LogP contribution in [0.2, 0.25) is 0 Å². The molecule has 4 rings (SSSR count). The number of nitrogens with two attached hydrogens (primary N) is 1. The van der Waals surface area contributed by atoms with Crippen LogP contribution in [-0.4, -0.2) is 27.3 Å². The van der Waals surface area contributed by atoms with Gasteiger partial charge in [0, 0.05) is 41.1 Å². The zero-order chi connectivity index (χ0) is 22.0. The number of benzene rings is 1. The van der Waals surface area contributed by atoms with Gasteiger partial charge in [-0.2, -0.15) is 0 Å². The van der Waals surface area contributed by atoms with Gasteiger partial charge < -0.3 is 26.2 Å². The third-order valence-electron chi connectivity index (χ3n) is 4.64. The standard InChI is InChI=1S/C23H22N6O2/c1-13(2)31-18-8-16(11-26-12-18)20-9-14-5-6-27-23(30)21(14)22(29-20)28-17-3-4-19(25)15(7-17)10-24/h3-13,24H,25H2,1-2H3,(H,27,30)(H,28,29). The first-order chi connectivity index (χ1) is 14.9. The molecule has 0 fully saturated rings. The fourth-order valence-corrected chi connectivity index (χ4v) is 3.26. The Labute approximate surface area is 178 Å². The average molecular weight is 414 g/mol. The first kappa shape index (κ1) is 20.1. The van der Waals surface area contributed by atoms with Crippen LogP contribution in [-0.2, 0) is 0 Å². The van der Waals surface area contributed by atoms with Crippen LogP contribution in [0.15, 0.2) is 59.8 Å². The highest BCUT2D eigenvalue weighted by Gasteiger charge is 2.13. The van der Waals surface area contributed by atoms with Crippen LogP contribution in [0.3, 0.4) is 0 Å². The summed E-state index contributed by atoms with van der Waals surface area (Å²) in [4.78, 5) is 24.2. The molecule has 1 aromatic carbocycles. The largest absolute Gasteiger partial charge is 0.489 e. The third kappa shape index (κ3) is 4.23. The first-order valence-corrected chi connectivity index (χ1v) is 9.76. The molecule has 0 aliphatic heterocycles. The smallest absolute Gasteiger partial charge is 0.259 e. The molecule has 0 spiro atoms. The van der Waals surface area contributed by atoms with Crippen LogP contribution in [0.5, 0.6) is 5.75 Å². The van der Waals surface area contributed by atoms with E-state index in [9.17, 15) is 4.79 Å². The van der Waals surface area contributed by atoms with Gasteiger partial charge in [-0.05, 0) is 55.6 Å². The molecule has 3 aromatic heterocycles. The van der Waals surface area contributed by atoms with Gasteiger partial charge in [0.15, 0.2) is 0 Å². The van der Waals surface area contributed by atoms with E-state index in [4.69, 9.17) is 20.9 Å². The molecule has 0 atom stereocenters. The van der Waals surface area contributed by atoms with E-state index in [0.29, 0.717) is 39.6 Å². The van der Waals surface area contributed by atoms with Crippen LogP contribution in [0.1, 0.15) is 19.4 Å². The Morgan fingerprint density at radius 2 is 2.03 bits per heavy atom. The Kier molecular flexibility index (Phi) is 5.36. The number of rotatable bonds is 6. The van der Waals surface area contributed by atoms with Crippen molar-refractivity contribution in [1.82, 2.24) is 15.0 Å². The van der Waals surface area contributed by atoms with Gasteiger partial charge in [0.1, 0.15) is 11.6 Å². The van der Waals surface area contributed by atoms with Gasteiger partial charge in [0.2, 0.25) is 0 Å². The lowest BCUT2D eigenvalue weighted by Crippen LogP contribution is -2.09. The topological polar surface area (TPSA) is 130 Å². The van der Waals surface area contributed by atoms with E-state index in [1.165, 1.54) is 6.21 Å². The number of H-pyrrole nitrogens is 1. The maximum absolute atomic E-state index is 12.6. The zero-order valence-corrected chi connectivity index (χ0v) is 17.1. The number of hydrogen-bond donors (Lipinski definition) is 4. The number of ether oxygens (including phenoxy) is 1. The zero-order valence-electron chi connectivity index (χ0n) is 17.1. The van der Waals surface area contributed by atoms with E-state index in [2.05, 4.69) is 15.3 Å². The molecule has 0 radical (unpaired) electrons. The number of nitrogens with one attached hydrogen (secondary N) is 3. The van der Waals surface area contributed by atoms with Crippen LogP contribution < -0.4 is 21.3 Å². The summed E-state index contributed by atoms with van der Waals surface area (Å²) in [6.45, 7) is 3.90. The monoisotopic (exact) mass is 414 g/mol. The summed E-state index contributed by atoms with van der Waals surface area (Å²) in [5.74, 6) is 1.04. The fourth-order valence-electron chi connectivity index (χ4n) is 3.26. The van der Waals surface area contributed by atoms with Crippen molar-refractivity contribution in [3.8, 4) is 17.0 Å². The summed E-state index contributed by atoms with van der Waals surface area (Å²) in [6, 6.07) is 10.7. The molecule has 0 saturated carbocycles. The van der Waals surface area contributed by atoms with Gasteiger partial charge >= 0.3 is 0 Å². The number of fused-ring (bicyclic) bond motifs is 1. The SMILES string of the molecule is CC(C)Oc1cncc(-c2cc3cc[nH]c(=O)c3c(Nc3ccc(N)c(C=N)c3)n2)c1. The minimum Gasteiger partial charge on any atom is -0.489 e. The first-order valence-electron chi connectivity index (χ1n) is 9.76. The number of pyridine rings is 3. The summed E-state index contributed by atoms with van der Waals surface area (Å²) in [6.07, 6.45) is 6.16.